The summed E-state index contributed by atoms with van der Waals surface area (Å²) < 4.78 is 25.9. The van der Waals surface area contributed by atoms with E-state index in [2.05, 4.69) is 140 Å². The van der Waals surface area contributed by atoms with Crippen LogP contribution in [-0.4, -0.2) is 47.8 Å². The summed E-state index contributed by atoms with van der Waals surface area (Å²) in [5, 5.41) is 2.83. The molecule has 0 radical (unpaired) electrons. The molecule has 1 aliphatic rings. The lowest BCUT2D eigenvalue weighted by molar-refractivity contribution is -0.145. The van der Waals surface area contributed by atoms with Gasteiger partial charge in [0.25, 0.3) is 8.32 Å². The third-order valence-corrected chi connectivity index (χ3v) is 18.3. The van der Waals surface area contributed by atoms with Gasteiger partial charge in [-0.05, 0) is 66.7 Å². The predicted molar refractivity (Wildman–Crippen MR) is 183 cm³/mol. The standard InChI is InChI=1S/C36H56O4Si2/c1-34(2,3)41(9,10)37-28-21-19-27-33-32(39-36(7,8)40-33)26-18-13-20-29-38-42(35(4,5)6,30-22-14-11-15-23-30)31-24-16-12-17-25-31/h11-19,21-25,32-33H,20,26-29H2,1-10H3/b18-13-,21-19-/t32-,33-/m0/s1. The quantitative estimate of drug-likeness (QED) is 0.130. The molecule has 2 atom stereocenters. The van der Waals surface area contributed by atoms with E-state index in [4.69, 9.17) is 18.3 Å². The van der Waals surface area contributed by atoms with Crippen LogP contribution in [-0.2, 0) is 18.3 Å². The second-order valence-electron chi connectivity index (χ2n) is 14.5. The van der Waals surface area contributed by atoms with Crippen molar-refractivity contribution in [2.75, 3.05) is 13.2 Å². The number of hydrogen-bond donors (Lipinski definition) is 0. The van der Waals surface area contributed by atoms with Crippen molar-refractivity contribution in [3.8, 4) is 0 Å². The van der Waals surface area contributed by atoms with Crippen molar-refractivity contribution in [2.45, 2.75) is 116 Å². The maximum atomic E-state index is 7.03. The third-order valence-electron chi connectivity index (χ3n) is 8.72. The van der Waals surface area contributed by atoms with Crippen molar-refractivity contribution in [3.05, 3.63) is 85.0 Å². The lowest BCUT2D eigenvalue weighted by atomic mass is 10.1. The van der Waals surface area contributed by atoms with Crippen LogP contribution in [0.4, 0.5) is 0 Å². The molecular weight excluding hydrogens is 553 g/mol. The Kier molecular flexibility index (Phi) is 11.8. The molecule has 0 bridgehead atoms. The topological polar surface area (TPSA) is 36.9 Å². The molecule has 0 N–H and O–H groups in total. The Hall–Kier alpha value is -1.81. The molecule has 232 valence electrons. The van der Waals surface area contributed by atoms with Crippen LogP contribution in [0.15, 0.2) is 85.0 Å². The van der Waals surface area contributed by atoms with E-state index in [0.717, 1.165) is 19.3 Å². The molecule has 1 saturated heterocycles. The summed E-state index contributed by atoms with van der Waals surface area (Å²) in [5.74, 6) is -0.568. The van der Waals surface area contributed by atoms with E-state index >= 15 is 0 Å². The number of hydrogen-bond acceptors (Lipinski definition) is 4. The van der Waals surface area contributed by atoms with E-state index < -0.39 is 22.4 Å². The minimum atomic E-state index is -2.50. The summed E-state index contributed by atoms with van der Waals surface area (Å²) >= 11 is 0. The molecule has 4 nitrogen and oxygen atoms in total. The van der Waals surface area contributed by atoms with Crippen LogP contribution in [0, 0.1) is 0 Å². The molecule has 0 saturated carbocycles. The van der Waals surface area contributed by atoms with Crippen LogP contribution >= 0.6 is 0 Å². The number of ether oxygens (including phenoxy) is 2. The first-order valence-electron chi connectivity index (χ1n) is 15.6. The van der Waals surface area contributed by atoms with Crippen molar-refractivity contribution in [3.63, 3.8) is 0 Å². The van der Waals surface area contributed by atoms with E-state index in [-0.39, 0.29) is 22.3 Å². The summed E-state index contributed by atoms with van der Waals surface area (Å²) in [6.07, 6.45) is 11.4. The molecule has 42 heavy (non-hydrogen) atoms. The maximum absolute atomic E-state index is 7.03. The fourth-order valence-corrected chi connectivity index (χ4v) is 11.0. The Balaban J connectivity index is 1.59. The largest absolute Gasteiger partial charge is 0.413 e. The average Bonchev–Trinajstić information content (AvgIpc) is 3.20. The molecule has 0 aromatic heterocycles. The van der Waals surface area contributed by atoms with Gasteiger partial charge in [-0.1, -0.05) is 127 Å². The van der Waals surface area contributed by atoms with Crippen LogP contribution < -0.4 is 10.4 Å². The van der Waals surface area contributed by atoms with Crippen molar-refractivity contribution in [2.24, 2.45) is 0 Å². The van der Waals surface area contributed by atoms with E-state index in [0.29, 0.717) is 13.2 Å². The van der Waals surface area contributed by atoms with Gasteiger partial charge in [0.1, 0.15) is 0 Å². The smallest absolute Gasteiger partial charge is 0.261 e. The maximum Gasteiger partial charge on any atom is 0.261 e. The van der Waals surface area contributed by atoms with Crippen molar-refractivity contribution in [1.82, 2.24) is 0 Å². The predicted octanol–water partition coefficient (Wildman–Crippen LogP) is 8.39. The second-order valence-corrected chi connectivity index (χ2v) is 23.6. The van der Waals surface area contributed by atoms with E-state index in [1.54, 1.807) is 0 Å². The molecule has 1 aliphatic heterocycles. The van der Waals surface area contributed by atoms with Gasteiger partial charge in [0.15, 0.2) is 14.1 Å². The van der Waals surface area contributed by atoms with Crippen molar-refractivity contribution >= 4 is 27.0 Å². The molecular formula is C36H56O4Si2. The fraction of sp³-hybridized carbons (Fsp3) is 0.556. The molecule has 0 amide bonds. The molecule has 3 rings (SSSR count). The first kappa shape index (κ1) is 34.7. The Morgan fingerprint density at radius 2 is 1.17 bits per heavy atom. The van der Waals surface area contributed by atoms with E-state index in [1.807, 2.05) is 13.8 Å². The van der Waals surface area contributed by atoms with Crippen LogP contribution in [0.2, 0.25) is 23.2 Å². The molecule has 2 aromatic carbocycles. The summed E-state index contributed by atoms with van der Waals surface area (Å²) in [6.45, 7) is 23.7. The monoisotopic (exact) mass is 608 g/mol. The van der Waals surface area contributed by atoms with Crippen molar-refractivity contribution < 1.29 is 18.3 Å². The van der Waals surface area contributed by atoms with Gasteiger partial charge in [-0.25, -0.2) is 0 Å². The second kappa shape index (κ2) is 14.3. The summed E-state index contributed by atoms with van der Waals surface area (Å²) in [5.41, 5.74) is 0. The van der Waals surface area contributed by atoms with Gasteiger partial charge < -0.3 is 18.3 Å². The Morgan fingerprint density at radius 1 is 0.690 bits per heavy atom. The molecule has 0 spiro atoms. The summed E-state index contributed by atoms with van der Waals surface area (Å²) in [4.78, 5) is 0. The van der Waals surface area contributed by atoms with Crippen LogP contribution in [0.25, 0.3) is 0 Å². The third kappa shape index (κ3) is 8.87. The Labute approximate surface area is 258 Å². The normalized spacial score (nSPS) is 20.1. The SMILES string of the molecule is CC1(C)O[C@@H](C/C=C\CCO[Si](c2ccccc2)(c2ccccc2)C(C)(C)C)[C@H](C/C=C\CO[Si](C)(C)C(C)(C)C)O1. The van der Waals surface area contributed by atoms with E-state index in [1.165, 1.54) is 10.4 Å². The lowest BCUT2D eigenvalue weighted by Crippen LogP contribution is -2.66. The van der Waals surface area contributed by atoms with Gasteiger partial charge in [-0.15, -0.1) is 0 Å². The number of benzene rings is 2. The van der Waals surface area contributed by atoms with Gasteiger partial charge in [0.2, 0.25) is 0 Å². The molecule has 0 unspecified atom stereocenters. The van der Waals surface area contributed by atoms with Gasteiger partial charge in [0.05, 0.1) is 18.8 Å². The minimum absolute atomic E-state index is 0.0174. The average molecular weight is 609 g/mol. The first-order valence-corrected chi connectivity index (χ1v) is 20.5. The molecule has 1 heterocycles. The zero-order valence-electron chi connectivity index (χ0n) is 27.9. The van der Waals surface area contributed by atoms with E-state index in [9.17, 15) is 0 Å². The fourth-order valence-electron chi connectivity index (χ4n) is 5.47. The van der Waals surface area contributed by atoms with Gasteiger partial charge in [0, 0.05) is 6.61 Å². The Morgan fingerprint density at radius 3 is 1.62 bits per heavy atom. The van der Waals surface area contributed by atoms with Gasteiger partial charge in [-0.2, -0.15) is 0 Å². The summed E-state index contributed by atoms with van der Waals surface area (Å²) in [6, 6.07) is 21.7. The lowest BCUT2D eigenvalue weighted by Gasteiger charge is -2.43. The van der Waals surface area contributed by atoms with Gasteiger partial charge >= 0.3 is 0 Å². The first-order chi connectivity index (χ1) is 19.6. The Bertz CT molecular complexity index is 1100. The highest BCUT2D eigenvalue weighted by atomic mass is 28.4. The highest BCUT2D eigenvalue weighted by Gasteiger charge is 2.50. The molecule has 6 heteroatoms. The zero-order chi connectivity index (χ0) is 31.1. The van der Waals surface area contributed by atoms with Crippen molar-refractivity contribution in [1.29, 1.82) is 0 Å². The molecule has 2 aromatic rings. The minimum Gasteiger partial charge on any atom is -0.413 e. The highest BCUT2D eigenvalue weighted by molar-refractivity contribution is 6.99. The molecule has 1 fully saturated rings. The summed E-state index contributed by atoms with van der Waals surface area (Å²) in [7, 11) is -4.24. The van der Waals surface area contributed by atoms with Gasteiger partial charge in [-0.3, -0.25) is 0 Å². The molecule has 0 aliphatic carbocycles. The van der Waals surface area contributed by atoms with Crippen LogP contribution in [0.3, 0.4) is 0 Å². The van der Waals surface area contributed by atoms with Crippen LogP contribution in [0.5, 0.6) is 0 Å². The van der Waals surface area contributed by atoms with Crippen LogP contribution in [0.1, 0.15) is 74.7 Å². The highest BCUT2D eigenvalue weighted by Crippen LogP contribution is 2.38. The zero-order valence-corrected chi connectivity index (χ0v) is 29.9. The number of rotatable bonds is 13.